The molecule has 17 heteroatoms. The molecule has 1 radical (unpaired) electrons. The molecule has 0 aromatic heterocycles. The van der Waals surface area contributed by atoms with Crippen LogP contribution < -0.4 is 60.2 Å². The molecule has 6 nitrogen and oxygen atoms in total. The van der Waals surface area contributed by atoms with E-state index in [9.17, 15) is 0 Å². The van der Waals surface area contributed by atoms with E-state index in [1.807, 2.05) is 0 Å². The molecule has 6 rings (SSSR count). The zero-order valence-corrected chi connectivity index (χ0v) is 56.0. The van der Waals surface area contributed by atoms with Crippen molar-refractivity contribution in [3.63, 3.8) is 0 Å². The van der Waals surface area contributed by atoms with E-state index in [0.29, 0.717) is 0 Å². The first-order valence-corrected chi connectivity index (χ1v) is 24.8. The third-order valence-electron chi connectivity index (χ3n) is 10.1. The molecule has 6 unspecified atom stereocenters. The molecule has 0 aliphatic carbocycles. The smallest absolute Gasteiger partial charge is 0.124 e. The molecule has 0 saturated heterocycles. The summed E-state index contributed by atoms with van der Waals surface area (Å²) in [4.78, 5) is 0. The van der Waals surface area contributed by atoms with E-state index in [1.54, 1.807) is 42.7 Å². The van der Waals surface area contributed by atoms with Crippen LogP contribution in [0.5, 0.6) is 34.5 Å². The van der Waals surface area contributed by atoms with Gasteiger partial charge in [-0.1, -0.05) is 0 Å². The van der Waals surface area contributed by atoms with Gasteiger partial charge >= 0.3 is 0 Å². The summed E-state index contributed by atoms with van der Waals surface area (Å²) in [5, 5.41) is 7.25. The molecule has 0 amide bonds. The average molecular weight is 1210 g/mol. The Hall–Kier alpha value is -1.63. The van der Waals surface area contributed by atoms with Crippen LogP contribution in [0.3, 0.4) is 0 Å². The topological polar surface area (TPSA) is 55.4 Å². The second kappa shape index (κ2) is 39.7. The van der Waals surface area contributed by atoms with E-state index in [2.05, 4.69) is 211 Å². The van der Waals surface area contributed by atoms with Crippen molar-refractivity contribution in [2.75, 3.05) is 42.7 Å². The minimum Gasteiger partial charge on any atom is -0.496 e. The van der Waals surface area contributed by atoms with Crippen molar-refractivity contribution in [1.29, 1.82) is 0 Å². The fourth-order valence-corrected chi connectivity index (χ4v) is 10.8. The van der Waals surface area contributed by atoms with Crippen LogP contribution in [0.2, 0.25) is 0 Å². The van der Waals surface area contributed by atoms with Crippen LogP contribution in [0.15, 0.2) is 72.8 Å². The summed E-state index contributed by atoms with van der Waals surface area (Å²) < 4.78 is 31.3. The number of methoxy groups -OCH3 is 6. The van der Waals surface area contributed by atoms with Gasteiger partial charge in [0.25, 0.3) is 0 Å². The van der Waals surface area contributed by atoms with E-state index >= 15 is 0 Å². The number of hydrogen-bond donors (Lipinski definition) is 0. The van der Waals surface area contributed by atoms with Crippen molar-refractivity contribution in [2.45, 2.75) is 83.1 Å². The van der Waals surface area contributed by atoms with Gasteiger partial charge < -0.3 is 28.4 Å². The molecule has 71 heavy (non-hydrogen) atoms. The number of halogens is 4. The van der Waals surface area contributed by atoms with Crippen molar-refractivity contribution in [2.24, 2.45) is 0 Å². The predicted molar refractivity (Wildman–Crippen MR) is 340 cm³/mol. The monoisotopic (exact) mass is 1210 g/mol. The molecule has 0 saturated carbocycles. The second-order valence-corrected chi connectivity index (χ2v) is 20.1. The SMILES string of the molecule is COc1c(C)cc(P)cc1C.COc1c(C)cc(P)cc1C.COc1c(C)cc(P)cc1C.COc1c(C)cc(P)cc1C.COc1c(C)cc(P)cc1C.COc1c(C)cc(P)cc1C.Cl.Cl.Cl.Cl.[Co]. The van der Waals surface area contributed by atoms with E-state index in [1.165, 1.54) is 98.6 Å². The van der Waals surface area contributed by atoms with Gasteiger partial charge in [0, 0.05) is 16.8 Å². The molecule has 0 aliphatic rings. The van der Waals surface area contributed by atoms with Gasteiger partial charge in [-0.3, -0.25) is 0 Å². The Kier molecular flexibility index (Phi) is 43.8. The van der Waals surface area contributed by atoms with Crippen LogP contribution in [0.1, 0.15) is 66.8 Å². The van der Waals surface area contributed by atoms with E-state index in [4.69, 9.17) is 28.4 Å². The van der Waals surface area contributed by atoms with Gasteiger partial charge in [-0.2, -0.15) is 0 Å². The van der Waals surface area contributed by atoms with Crippen LogP contribution in [0.25, 0.3) is 0 Å². The minimum atomic E-state index is 0. The first kappa shape index (κ1) is 78.3. The Morgan fingerprint density at radius 3 is 0.338 bits per heavy atom. The summed E-state index contributed by atoms with van der Waals surface area (Å²) in [5.74, 6) is 5.98. The van der Waals surface area contributed by atoms with Gasteiger partial charge in [0.05, 0.1) is 42.7 Å². The first-order chi connectivity index (χ1) is 30.9. The Morgan fingerprint density at radius 1 is 0.211 bits per heavy atom. The van der Waals surface area contributed by atoms with E-state index < -0.39 is 0 Å². The van der Waals surface area contributed by atoms with E-state index in [-0.39, 0.29) is 66.4 Å². The van der Waals surface area contributed by atoms with Crippen LogP contribution in [0, 0.1) is 83.1 Å². The van der Waals surface area contributed by atoms with Crippen molar-refractivity contribution >= 4 is 137 Å². The Morgan fingerprint density at radius 2 is 0.282 bits per heavy atom. The third kappa shape index (κ3) is 26.6. The summed E-state index contributed by atoms with van der Waals surface area (Å²) in [6.45, 7) is 24.7. The fraction of sp³-hybridized carbons (Fsp3) is 0.333. The fourth-order valence-electron chi connectivity index (χ4n) is 7.83. The van der Waals surface area contributed by atoms with Crippen molar-refractivity contribution in [3.8, 4) is 34.5 Å². The van der Waals surface area contributed by atoms with Gasteiger partial charge in [-0.25, -0.2) is 0 Å². The Balaban J connectivity index is -0.000000242. The molecule has 0 fully saturated rings. The summed E-state index contributed by atoms with van der Waals surface area (Å²) in [5.41, 5.74) is 14.3. The molecule has 0 N–H and O–H groups in total. The molecule has 6 aromatic carbocycles. The molecule has 6 atom stereocenters. The quantitative estimate of drug-likeness (QED) is 0.155. The summed E-state index contributed by atoms with van der Waals surface area (Å²) in [6, 6.07) is 25.1. The maximum Gasteiger partial charge on any atom is 0.124 e. The van der Waals surface area contributed by atoms with Crippen LogP contribution >= 0.6 is 105 Å². The molecule has 0 spiro atoms. The van der Waals surface area contributed by atoms with Crippen molar-refractivity contribution in [1.82, 2.24) is 0 Å². The van der Waals surface area contributed by atoms with Gasteiger partial charge in [0.2, 0.25) is 0 Å². The standard InChI is InChI=1S/6C9H13OP.4ClH.Co/c6*1-6-4-8(11)5-7(2)9(6)10-3;;;;;/h6*4-5H,11H2,1-3H3;4*1H;. The maximum absolute atomic E-state index is 5.22. The van der Waals surface area contributed by atoms with Gasteiger partial charge in [0.15, 0.2) is 0 Å². The number of aryl methyl sites for hydroxylation is 12. The largest absolute Gasteiger partial charge is 0.496 e. The number of ether oxygens (including phenoxy) is 6. The third-order valence-corrected chi connectivity index (χ3v) is 12.1. The number of benzene rings is 6. The second-order valence-electron chi connectivity index (χ2n) is 16.1. The van der Waals surface area contributed by atoms with Crippen LogP contribution in [0.4, 0.5) is 0 Å². The van der Waals surface area contributed by atoms with Crippen LogP contribution in [-0.4, -0.2) is 42.7 Å². The molecule has 0 heterocycles. The summed E-state index contributed by atoms with van der Waals surface area (Å²) >= 11 is 0. The molecular weight excluding hydrogens is 1130 g/mol. The first-order valence-electron chi connectivity index (χ1n) is 21.3. The molecule has 0 aliphatic heterocycles. The van der Waals surface area contributed by atoms with Crippen molar-refractivity contribution in [3.05, 3.63) is 140 Å². The van der Waals surface area contributed by atoms with Crippen molar-refractivity contribution < 1.29 is 45.2 Å². The Labute approximate surface area is 478 Å². The maximum atomic E-state index is 5.22. The Bertz CT molecular complexity index is 1950. The summed E-state index contributed by atoms with van der Waals surface area (Å²) in [7, 11) is 26.3. The van der Waals surface area contributed by atoms with Gasteiger partial charge in [-0.05, 0) is 254 Å². The molecule has 0 bridgehead atoms. The van der Waals surface area contributed by atoms with Gasteiger partial charge in [0.1, 0.15) is 34.5 Å². The molecule has 401 valence electrons. The zero-order chi connectivity index (χ0) is 50.6. The van der Waals surface area contributed by atoms with Crippen LogP contribution in [-0.2, 0) is 16.8 Å². The number of rotatable bonds is 6. The summed E-state index contributed by atoms with van der Waals surface area (Å²) in [6.07, 6.45) is 0. The molecular formula is C54H82Cl4CoO6P6. The number of hydrogen-bond acceptors (Lipinski definition) is 6. The normalized spacial score (nSPS) is 9.13. The molecule has 6 aromatic rings. The average Bonchev–Trinajstić information content (AvgIpc) is 3.18. The minimum absolute atomic E-state index is 0. The van der Waals surface area contributed by atoms with Gasteiger partial charge in [-0.15, -0.1) is 105 Å². The van der Waals surface area contributed by atoms with E-state index in [0.717, 1.165) is 34.5 Å². The zero-order valence-electron chi connectivity index (χ0n) is 44.8. The predicted octanol–water partition coefficient (Wildman–Crippen LogP) is 12.6.